The number of likely N-dealkylation sites (N-methyl/N-ethyl adjacent to an activating group) is 1. The van der Waals surface area contributed by atoms with Crippen LogP contribution < -0.4 is 10.1 Å². The molecule has 2 unspecified atom stereocenters. The minimum absolute atomic E-state index is 0.227. The Hall–Kier alpha value is -1.02. The lowest BCUT2D eigenvalue weighted by Crippen LogP contribution is -2.35. The fourth-order valence-corrected chi connectivity index (χ4v) is 2.08. The van der Waals surface area contributed by atoms with Gasteiger partial charge in [-0.15, -0.1) is 0 Å². The molecule has 2 atom stereocenters. The number of rotatable bonds is 8. The van der Waals surface area contributed by atoms with E-state index in [0.717, 1.165) is 25.3 Å². The van der Waals surface area contributed by atoms with Gasteiger partial charge in [-0.1, -0.05) is 52.8 Å². The van der Waals surface area contributed by atoms with E-state index in [2.05, 4.69) is 64.2 Å². The van der Waals surface area contributed by atoms with Crippen LogP contribution in [0.2, 0.25) is 0 Å². The summed E-state index contributed by atoms with van der Waals surface area (Å²) in [5.41, 5.74) is 1.33. The molecule has 0 saturated carbocycles. The first-order chi connectivity index (χ1) is 9.10. The maximum Gasteiger partial charge on any atom is 0.123 e. The van der Waals surface area contributed by atoms with Gasteiger partial charge in [0.15, 0.2) is 0 Å². The normalized spacial score (nSPS) is 14.4. The third-order valence-corrected chi connectivity index (χ3v) is 3.68. The molecule has 0 fully saturated rings. The SMILES string of the molecule is CCNCC(Oc1ccccc1C(C)CC)C(C)C. The molecular weight excluding hydrogens is 234 g/mol. The second-order valence-corrected chi connectivity index (χ2v) is 5.56. The highest BCUT2D eigenvalue weighted by Crippen LogP contribution is 2.29. The largest absolute Gasteiger partial charge is 0.489 e. The highest BCUT2D eigenvalue weighted by molar-refractivity contribution is 5.36. The highest BCUT2D eigenvalue weighted by Gasteiger charge is 2.17. The second-order valence-electron chi connectivity index (χ2n) is 5.56. The van der Waals surface area contributed by atoms with E-state index in [-0.39, 0.29) is 6.10 Å². The van der Waals surface area contributed by atoms with Crippen molar-refractivity contribution in [3.63, 3.8) is 0 Å². The molecule has 19 heavy (non-hydrogen) atoms. The average molecular weight is 263 g/mol. The Morgan fingerprint density at radius 3 is 2.37 bits per heavy atom. The zero-order valence-corrected chi connectivity index (χ0v) is 13.1. The van der Waals surface area contributed by atoms with Crippen molar-refractivity contribution in [1.82, 2.24) is 5.32 Å². The van der Waals surface area contributed by atoms with Crippen LogP contribution in [0.1, 0.15) is 52.5 Å². The van der Waals surface area contributed by atoms with Gasteiger partial charge in [0.05, 0.1) is 0 Å². The highest BCUT2D eigenvalue weighted by atomic mass is 16.5. The van der Waals surface area contributed by atoms with Crippen molar-refractivity contribution >= 4 is 0 Å². The lowest BCUT2D eigenvalue weighted by Gasteiger charge is -2.25. The van der Waals surface area contributed by atoms with Crippen LogP contribution in [0.3, 0.4) is 0 Å². The summed E-state index contributed by atoms with van der Waals surface area (Å²) in [6.07, 6.45) is 1.37. The van der Waals surface area contributed by atoms with Gasteiger partial charge in [-0.25, -0.2) is 0 Å². The number of nitrogens with one attached hydrogen (secondary N) is 1. The first-order valence-electron chi connectivity index (χ1n) is 7.56. The Morgan fingerprint density at radius 2 is 1.79 bits per heavy atom. The summed E-state index contributed by atoms with van der Waals surface area (Å²) in [6.45, 7) is 12.9. The zero-order chi connectivity index (χ0) is 14.3. The maximum atomic E-state index is 6.27. The van der Waals surface area contributed by atoms with Gasteiger partial charge in [-0.05, 0) is 36.4 Å². The molecule has 0 aliphatic rings. The minimum atomic E-state index is 0.227. The molecule has 0 amide bonds. The molecule has 2 heteroatoms. The fourth-order valence-electron chi connectivity index (χ4n) is 2.08. The predicted molar refractivity (Wildman–Crippen MR) is 82.9 cm³/mol. The molecule has 0 bridgehead atoms. The van der Waals surface area contributed by atoms with E-state index in [0.29, 0.717) is 11.8 Å². The Morgan fingerprint density at radius 1 is 1.11 bits per heavy atom. The first kappa shape index (κ1) is 16.0. The van der Waals surface area contributed by atoms with Crippen LogP contribution in [0, 0.1) is 5.92 Å². The van der Waals surface area contributed by atoms with E-state index in [1.807, 2.05) is 0 Å². The van der Waals surface area contributed by atoms with E-state index >= 15 is 0 Å². The molecular formula is C17H29NO. The molecule has 1 rings (SSSR count). The van der Waals surface area contributed by atoms with Crippen molar-refractivity contribution in [1.29, 1.82) is 0 Å². The summed E-state index contributed by atoms with van der Waals surface area (Å²) < 4.78 is 6.27. The lowest BCUT2D eigenvalue weighted by atomic mass is 9.97. The molecule has 2 nitrogen and oxygen atoms in total. The van der Waals surface area contributed by atoms with Crippen LogP contribution in [-0.2, 0) is 0 Å². The zero-order valence-electron chi connectivity index (χ0n) is 13.1. The number of ether oxygens (including phenoxy) is 1. The van der Waals surface area contributed by atoms with Crippen molar-refractivity contribution in [3.8, 4) is 5.75 Å². The Kier molecular flexibility index (Phi) is 6.93. The van der Waals surface area contributed by atoms with Crippen LogP contribution >= 0.6 is 0 Å². The molecule has 0 aliphatic carbocycles. The molecule has 0 heterocycles. The Bertz CT molecular complexity index is 362. The molecule has 0 aromatic heterocycles. The van der Waals surface area contributed by atoms with Crippen LogP contribution in [-0.4, -0.2) is 19.2 Å². The van der Waals surface area contributed by atoms with Gasteiger partial charge >= 0.3 is 0 Å². The molecule has 0 spiro atoms. The van der Waals surface area contributed by atoms with Crippen LogP contribution in [0.15, 0.2) is 24.3 Å². The van der Waals surface area contributed by atoms with Gasteiger partial charge in [0.1, 0.15) is 11.9 Å². The summed E-state index contributed by atoms with van der Waals surface area (Å²) >= 11 is 0. The molecule has 108 valence electrons. The van der Waals surface area contributed by atoms with Crippen molar-refractivity contribution < 1.29 is 4.74 Å². The van der Waals surface area contributed by atoms with Crippen LogP contribution in [0.4, 0.5) is 0 Å². The van der Waals surface area contributed by atoms with Gasteiger partial charge < -0.3 is 10.1 Å². The molecule has 1 aromatic carbocycles. The average Bonchev–Trinajstić information content (AvgIpc) is 2.42. The smallest absolute Gasteiger partial charge is 0.123 e. The van der Waals surface area contributed by atoms with Crippen molar-refractivity contribution in [2.24, 2.45) is 5.92 Å². The van der Waals surface area contributed by atoms with Gasteiger partial charge in [-0.2, -0.15) is 0 Å². The summed E-state index contributed by atoms with van der Waals surface area (Å²) in [5, 5.41) is 3.39. The second kappa shape index (κ2) is 8.21. The maximum absolute atomic E-state index is 6.27. The van der Waals surface area contributed by atoms with Gasteiger partial charge in [0.25, 0.3) is 0 Å². The molecule has 1 N–H and O–H groups in total. The fraction of sp³-hybridized carbons (Fsp3) is 0.647. The molecule has 1 aromatic rings. The number of hydrogen-bond acceptors (Lipinski definition) is 2. The number of benzene rings is 1. The summed E-state index contributed by atoms with van der Waals surface area (Å²) in [7, 11) is 0. The summed E-state index contributed by atoms with van der Waals surface area (Å²) in [5.74, 6) is 2.10. The van der Waals surface area contributed by atoms with Crippen LogP contribution in [0.25, 0.3) is 0 Å². The number of para-hydroxylation sites is 1. The topological polar surface area (TPSA) is 21.3 Å². The predicted octanol–water partition coefficient (Wildman–Crippen LogP) is 4.21. The van der Waals surface area contributed by atoms with Gasteiger partial charge in [0.2, 0.25) is 0 Å². The van der Waals surface area contributed by atoms with Crippen molar-refractivity contribution in [2.75, 3.05) is 13.1 Å². The monoisotopic (exact) mass is 263 g/mol. The van der Waals surface area contributed by atoms with Gasteiger partial charge in [-0.3, -0.25) is 0 Å². The van der Waals surface area contributed by atoms with E-state index in [9.17, 15) is 0 Å². The van der Waals surface area contributed by atoms with Crippen molar-refractivity contribution in [3.05, 3.63) is 29.8 Å². The van der Waals surface area contributed by atoms with E-state index in [4.69, 9.17) is 4.74 Å². The van der Waals surface area contributed by atoms with Crippen LogP contribution in [0.5, 0.6) is 5.75 Å². The third-order valence-electron chi connectivity index (χ3n) is 3.68. The van der Waals surface area contributed by atoms with Crippen molar-refractivity contribution in [2.45, 2.75) is 53.1 Å². The van der Waals surface area contributed by atoms with E-state index < -0.39 is 0 Å². The third kappa shape index (κ3) is 4.87. The molecule has 0 aliphatic heterocycles. The molecule has 0 radical (unpaired) electrons. The van der Waals surface area contributed by atoms with E-state index in [1.165, 1.54) is 5.56 Å². The molecule has 0 saturated heterocycles. The number of hydrogen-bond donors (Lipinski definition) is 1. The standard InChI is InChI=1S/C17H29NO/c1-6-14(5)15-10-8-9-11-16(15)19-17(13(3)4)12-18-7-2/h8-11,13-14,17-18H,6-7,12H2,1-5H3. The van der Waals surface area contributed by atoms with Gasteiger partial charge in [0, 0.05) is 6.54 Å². The quantitative estimate of drug-likeness (QED) is 0.758. The summed E-state index contributed by atoms with van der Waals surface area (Å²) in [6, 6.07) is 8.45. The minimum Gasteiger partial charge on any atom is -0.489 e. The van der Waals surface area contributed by atoms with E-state index in [1.54, 1.807) is 0 Å². The lowest BCUT2D eigenvalue weighted by molar-refractivity contribution is 0.147. The Balaban J connectivity index is 2.83. The first-order valence-corrected chi connectivity index (χ1v) is 7.56. The Labute approximate surface area is 118 Å². The summed E-state index contributed by atoms with van der Waals surface area (Å²) in [4.78, 5) is 0.